The van der Waals surface area contributed by atoms with Crippen LogP contribution in [0.3, 0.4) is 0 Å². The van der Waals surface area contributed by atoms with Gasteiger partial charge in [0.05, 0.1) is 0 Å². The molecule has 12 heavy (non-hydrogen) atoms. The van der Waals surface area contributed by atoms with Crippen LogP contribution in [0.15, 0.2) is 12.1 Å². The van der Waals surface area contributed by atoms with Crippen LogP contribution in [0.25, 0.3) is 0 Å². The summed E-state index contributed by atoms with van der Waals surface area (Å²) in [6.07, 6.45) is 1.81. The van der Waals surface area contributed by atoms with E-state index in [1.165, 1.54) is 5.56 Å². The van der Waals surface area contributed by atoms with Crippen molar-refractivity contribution in [1.29, 1.82) is 0 Å². The van der Waals surface area contributed by atoms with E-state index in [1.807, 2.05) is 6.07 Å². The lowest BCUT2D eigenvalue weighted by Crippen LogP contribution is -2.04. The molecule has 0 spiro atoms. The highest BCUT2D eigenvalue weighted by Crippen LogP contribution is 2.25. The molecule has 1 unspecified atom stereocenters. The molecule has 0 aromatic carbocycles. The summed E-state index contributed by atoms with van der Waals surface area (Å²) >= 11 is 5.74. The second-order valence-electron chi connectivity index (χ2n) is 3.20. The number of nitrogens with zero attached hydrogens (tertiary/aromatic N) is 1. The van der Waals surface area contributed by atoms with Crippen LogP contribution < -0.4 is 0 Å². The van der Waals surface area contributed by atoms with E-state index in [0.717, 1.165) is 18.5 Å². The van der Waals surface area contributed by atoms with Gasteiger partial charge in [-0.3, -0.25) is 0 Å². The van der Waals surface area contributed by atoms with Crippen LogP contribution in [0.1, 0.15) is 11.3 Å². The first-order chi connectivity index (χ1) is 5.79. The van der Waals surface area contributed by atoms with Crippen LogP contribution in [0.5, 0.6) is 0 Å². The molecule has 0 saturated heterocycles. The summed E-state index contributed by atoms with van der Waals surface area (Å²) in [4.78, 5) is 4.21. The maximum atomic E-state index is 8.95. The predicted octanol–water partition coefficient (Wildman–Crippen LogP) is 1.44. The minimum absolute atomic E-state index is 0.244. The van der Waals surface area contributed by atoms with E-state index in [-0.39, 0.29) is 6.61 Å². The van der Waals surface area contributed by atoms with Crippen molar-refractivity contribution < 1.29 is 5.11 Å². The number of halogens is 1. The average molecular weight is 184 g/mol. The molecule has 0 fully saturated rings. The molecule has 1 aromatic heterocycles. The van der Waals surface area contributed by atoms with Crippen LogP contribution in [0, 0.1) is 5.92 Å². The topological polar surface area (TPSA) is 33.1 Å². The lowest BCUT2D eigenvalue weighted by molar-refractivity contribution is 0.232. The van der Waals surface area contributed by atoms with Crippen molar-refractivity contribution in [1.82, 2.24) is 4.98 Å². The van der Waals surface area contributed by atoms with Gasteiger partial charge in [-0.2, -0.15) is 0 Å². The summed E-state index contributed by atoms with van der Waals surface area (Å²) in [7, 11) is 0. The molecule has 3 heteroatoms. The second kappa shape index (κ2) is 3.04. The van der Waals surface area contributed by atoms with Crippen molar-refractivity contribution in [3.63, 3.8) is 0 Å². The highest BCUT2D eigenvalue weighted by atomic mass is 35.5. The summed E-state index contributed by atoms with van der Waals surface area (Å²) in [5.74, 6) is 0.353. The average Bonchev–Trinajstić information content (AvgIpc) is 2.46. The van der Waals surface area contributed by atoms with Gasteiger partial charge in [-0.15, -0.1) is 0 Å². The SMILES string of the molecule is OCC1Cc2ccc(Cl)nc2C1. The lowest BCUT2D eigenvalue weighted by atomic mass is 10.1. The standard InChI is InChI=1S/C9H10ClNO/c10-9-2-1-7-3-6(5-12)4-8(7)11-9/h1-2,6,12H,3-5H2. The van der Waals surface area contributed by atoms with Crippen LogP contribution in [-0.2, 0) is 12.8 Å². The van der Waals surface area contributed by atoms with Crippen molar-refractivity contribution in [3.05, 3.63) is 28.5 Å². The summed E-state index contributed by atoms with van der Waals surface area (Å²) < 4.78 is 0. The Kier molecular flexibility index (Phi) is 2.03. The number of aliphatic hydroxyl groups excluding tert-OH is 1. The zero-order valence-corrected chi connectivity index (χ0v) is 7.38. The van der Waals surface area contributed by atoms with E-state index < -0.39 is 0 Å². The van der Waals surface area contributed by atoms with E-state index in [1.54, 1.807) is 6.07 Å². The summed E-state index contributed by atoms with van der Waals surface area (Å²) in [5.41, 5.74) is 2.29. The van der Waals surface area contributed by atoms with Crippen molar-refractivity contribution in [2.45, 2.75) is 12.8 Å². The number of aliphatic hydroxyl groups is 1. The third-order valence-electron chi connectivity index (χ3n) is 2.28. The van der Waals surface area contributed by atoms with Gasteiger partial charge in [0.15, 0.2) is 0 Å². The molecule has 1 atom stereocenters. The van der Waals surface area contributed by atoms with Gasteiger partial charge in [0.2, 0.25) is 0 Å². The normalized spacial score (nSPS) is 21.0. The first kappa shape index (κ1) is 8.02. The molecule has 1 N–H and O–H groups in total. The van der Waals surface area contributed by atoms with Crippen LogP contribution in [0.2, 0.25) is 5.15 Å². The zero-order chi connectivity index (χ0) is 8.55. The van der Waals surface area contributed by atoms with Crippen molar-refractivity contribution in [2.75, 3.05) is 6.61 Å². The second-order valence-corrected chi connectivity index (χ2v) is 3.58. The Labute approximate surface area is 76.2 Å². The van der Waals surface area contributed by atoms with Crippen LogP contribution >= 0.6 is 11.6 Å². The smallest absolute Gasteiger partial charge is 0.129 e. The number of hydrogen-bond donors (Lipinski definition) is 1. The summed E-state index contributed by atoms with van der Waals surface area (Å²) in [6, 6.07) is 3.81. The fourth-order valence-electron chi connectivity index (χ4n) is 1.65. The molecule has 0 radical (unpaired) electrons. The van der Waals surface area contributed by atoms with Crippen molar-refractivity contribution in [2.24, 2.45) is 5.92 Å². The Balaban J connectivity index is 2.30. The fraction of sp³-hybridized carbons (Fsp3) is 0.444. The number of hydrogen-bond acceptors (Lipinski definition) is 2. The maximum absolute atomic E-state index is 8.95. The van der Waals surface area contributed by atoms with E-state index in [9.17, 15) is 0 Å². The Morgan fingerprint density at radius 2 is 2.33 bits per heavy atom. The largest absolute Gasteiger partial charge is 0.396 e. The van der Waals surface area contributed by atoms with Gasteiger partial charge in [0, 0.05) is 12.3 Å². The Hall–Kier alpha value is -0.600. The lowest BCUT2D eigenvalue weighted by Gasteiger charge is -1.99. The molecule has 0 bridgehead atoms. The molecular weight excluding hydrogens is 174 g/mol. The number of aromatic nitrogens is 1. The Morgan fingerprint density at radius 1 is 1.50 bits per heavy atom. The van der Waals surface area contributed by atoms with Gasteiger partial charge in [0.1, 0.15) is 5.15 Å². The molecule has 2 rings (SSSR count). The van der Waals surface area contributed by atoms with E-state index in [4.69, 9.17) is 16.7 Å². The van der Waals surface area contributed by atoms with Crippen LogP contribution in [0.4, 0.5) is 0 Å². The molecule has 0 aliphatic heterocycles. The van der Waals surface area contributed by atoms with E-state index >= 15 is 0 Å². The minimum Gasteiger partial charge on any atom is -0.396 e. The highest BCUT2D eigenvalue weighted by Gasteiger charge is 2.21. The first-order valence-corrected chi connectivity index (χ1v) is 4.42. The molecule has 1 aromatic rings. The highest BCUT2D eigenvalue weighted by molar-refractivity contribution is 6.29. The molecule has 2 nitrogen and oxygen atoms in total. The fourth-order valence-corrected chi connectivity index (χ4v) is 1.82. The van der Waals surface area contributed by atoms with Gasteiger partial charge < -0.3 is 5.11 Å². The molecule has 0 saturated carbocycles. The third kappa shape index (κ3) is 1.32. The molecule has 1 aliphatic carbocycles. The minimum atomic E-state index is 0.244. The quantitative estimate of drug-likeness (QED) is 0.669. The molecule has 0 amide bonds. The van der Waals surface area contributed by atoms with Gasteiger partial charge in [0.25, 0.3) is 0 Å². The van der Waals surface area contributed by atoms with Crippen LogP contribution in [-0.4, -0.2) is 16.7 Å². The maximum Gasteiger partial charge on any atom is 0.129 e. The molecular formula is C9H10ClNO. The number of rotatable bonds is 1. The van der Waals surface area contributed by atoms with E-state index in [2.05, 4.69) is 4.98 Å². The van der Waals surface area contributed by atoms with Gasteiger partial charge in [-0.05, 0) is 30.4 Å². The predicted molar refractivity (Wildman–Crippen MR) is 47.2 cm³/mol. The van der Waals surface area contributed by atoms with Crippen molar-refractivity contribution >= 4 is 11.6 Å². The molecule has 64 valence electrons. The summed E-state index contributed by atoms with van der Waals surface area (Å²) in [6.45, 7) is 0.244. The monoisotopic (exact) mass is 183 g/mol. The van der Waals surface area contributed by atoms with Crippen molar-refractivity contribution in [3.8, 4) is 0 Å². The van der Waals surface area contributed by atoms with Gasteiger partial charge in [-0.25, -0.2) is 4.98 Å². The Bertz CT molecular complexity index is 301. The molecule has 1 aliphatic rings. The third-order valence-corrected chi connectivity index (χ3v) is 2.49. The zero-order valence-electron chi connectivity index (χ0n) is 6.63. The van der Waals surface area contributed by atoms with E-state index in [0.29, 0.717) is 11.1 Å². The Morgan fingerprint density at radius 3 is 3.08 bits per heavy atom. The number of pyridine rings is 1. The summed E-state index contributed by atoms with van der Waals surface area (Å²) in [5, 5.41) is 9.50. The first-order valence-electron chi connectivity index (χ1n) is 4.04. The van der Waals surface area contributed by atoms with Gasteiger partial charge >= 0.3 is 0 Å². The van der Waals surface area contributed by atoms with Gasteiger partial charge in [-0.1, -0.05) is 17.7 Å². The molecule has 1 heterocycles. The number of fused-ring (bicyclic) bond motifs is 1.